The molecule has 29 heavy (non-hydrogen) atoms. The number of hydrogen-bond acceptors (Lipinski definition) is 2. The van der Waals surface area contributed by atoms with Crippen LogP contribution in [0.4, 0.5) is 0 Å². The third kappa shape index (κ3) is 3.04. The van der Waals surface area contributed by atoms with E-state index < -0.39 is 0 Å². The van der Waals surface area contributed by atoms with Crippen LogP contribution < -0.4 is 4.74 Å². The van der Waals surface area contributed by atoms with Gasteiger partial charge in [-0.2, -0.15) is 0 Å². The topological polar surface area (TPSA) is 26.3 Å². The van der Waals surface area contributed by atoms with Crippen LogP contribution in [0.15, 0.2) is 48.0 Å². The molecule has 2 nitrogen and oxygen atoms in total. The third-order valence-electron chi connectivity index (χ3n) is 7.78. The molecule has 0 amide bonds. The Morgan fingerprint density at radius 2 is 1.93 bits per heavy atom. The number of methoxy groups -OCH3 is 1. The van der Waals surface area contributed by atoms with Crippen molar-refractivity contribution in [2.45, 2.75) is 44.9 Å². The molecule has 3 heteroatoms. The highest BCUT2D eigenvalue weighted by Crippen LogP contribution is 2.60. The average molecular weight is 407 g/mol. The lowest BCUT2D eigenvalue weighted by Gasteiger charge is -2.48. The number of allylic oxidation sites excluding steroid dienone is 1. The highest BCUT2D eigenvalue weighted by Gasteiger charge is 2.56. The lowest BCUT2D eigenvalue weighted by Crippen LogP contribution is -2.42. The minimum absolute atomic E-state index is 0.205. The molecule has 0 bridgehead atoms. The molecular formula is C26H27ClO2. The number of carbonyl (C=O) groups is 1. The predicted molar refractivity (Wildman–Crippen MR) is 117 cm³/mol. The zero-order valence-corrected chi connectivity index (χ0v) is 17.8. The Hall–Kier alpha value is -2.06. The number of halogens is 1. The van der Waals surface area contributed by atoms with E-state index in [9.17, 15) is 4.79 Å². The van der Waals surface area contributed by atoms with Gasteiger partial charge in [0, 0.05) is 10.4 Å². The lowest BCUT2D eigenvalue weighted by molar-refractivity contribution is -0.127. The van der Waals surface area contributed by atoms with Gasteiger partial charge in [0.05, 0.1) is 7.11 Å². The molecular weight excluding hydrogens is 380 g/mol. The molecule has 2 fully saturated rings. The first-order valence-electron chi connectivity index (χ1n) is 10.7. The van der Waals surface area contributed by atoms with Crippen LogP contribution in [-0.4, -0.2) is 12.9 Å². The number of Topliss-reactive ketones (excluding diaryl/α,β-unsaturated/α-hetero) is 1. The first kappa shape index (κ1) is 18.9. The minimum atomic E-state index is -0.205. The third-order valence-corrected chi connectivity index (χ3v) is 8.04. The smallest absolute Gasteiger partial charge is 0.165 e. The van der Waals surface area contributed by atoms with Gasteiger partial charge < -0.3 is 4.74 Å². The van der Waals surface area contributed by atoms with Crippen molar-refractivity contribution in [3.05, 3.63) is 69.8 Å². The Morgan fingerprint density at radius 1 is 1.14 bits per heavy atom. The summed E-state index contributed by atoms with van der Waals surface area (Å²) in [5.41, 5.74) is 4.80. The summed E-state index contributed by atoms with van der Waals surface area (Å²) in [6, 6.07) is 14.4. The molecule has 150 valence electrons. The van der Waals surface area contributed by atoms with E-state index in [2.05, 4.69) is 31.2 Å². The fraction of sp³-hybridized carbons (Fsp3) is 0.423. The number of ketones is 1. The van der Waals surface area contributed by atoms with Crippen molar-refractivity contribution in [1.29, 1.82) is 0 Å². The Bertz CT molecular complexity index is 990. The maximum absolute atomic E-state index is 13.4. The number of benzene rings is 2. The molecule has 5 rings (SSSR count). The van der Waals surface area contributed by atoms with Gasteiger partial charge in [0.2, 0.25) is 0 Å². The van der Waals surface area contributed by atoms with E-state index in [0.717, 1.165) is 47.6 Å². The van der Waals surface area contributed by atoms with Gasteiger partial charge in [-0.15, -0.1) is 0 Å². The van der Waals surface area contributed by atoms with E-state index in [0.29, 0.717) is 23.5 Å². The molecule has 0 spiro atoms. The molecule has 0 heterocycles. The molecule has 0 saturated heterocycles. The summed E-state index contributed by atoms with van der Waals surface area (Å²) in [5, 5.41) is 0.728. The van der Waals surface area contributed by atoms with Crippen molar-refractivity contribution in [2.75, 3.05) is 7.11 Å². The Labute approximate surface area is 177 Å². The summed E-state index contributed by atoms with van der Waals surface area (Å²) in [6.07, 6.45) is 7.36. The second kappa shape index (κ2) is 7.02. The van der Waals surface area contributed by atoms with Crippen molar-refractivity contribution in [1.82, 2.24) is 0 Å². The number of rotatable bonds is 2. The van der Waals surface area contributed by atoms with Crippen LogP contribution in [0.2, 0.25) is 5.02 Å². The highest BCUT2D eigenvalue weighted by molar-refractivity contribution is 6.30. The van der Waals surface area contributed by atoms with Gasteiger partial charge in [0.25, 0.3) is 0 Å². The molecule has 0 N–H and O–H groups in total. The van der Waals surface area contributed by atoms with Gasteiger partial charge in [-0.1, -0.05) is 36.7 Å². The highest BCUT2D eigenvalue weighted by atomic mass is 35.5. The van der Waals surface area contributed by atoms with Crippen molar-refractivity contribution in [3.63, 3.8) is 0 Å². The van der Waals surface area contributed by atoms with E-state index in [-0.39, 0.29) is 5.41 Å². The van der Waals surface area contributed by atoms with Crippen molar-refractivity contribution >= 4 is 23.5 Å². The van der Waals surface area contributed by atoms with E-state index >= 15 is 0 Å². The van der Waals surface area contributed by atoms with Crippen LogP contribution in [0.1, 0.15) is 55.2 Å². The number of ether oxygens (including phenoxy) is 1. The second-order valence-electron chi connectivity index (χ2n) is 9.19. The standard InChI is InChI=1S/C26H27ClO2/c1-26-12-11-22-21-10-8-20(29-2)14-17(21)5-9-23(22)24(26)15-18(25(26)28)13-16-3-6-19(27)7-4-16/h3-4,6-8,10,13-14,22-24H,5,9,11-12,15H2,1-2H3/b18-13+/t22-,23+,24+,26-/m1/s1. The minimum Gasteiger partial charge on any atom is -0.497 e. The Morgan fingerprint density at radius 3 is 2.69 bits per heavy atom. The molecule has 2 aromatic carbocycles. The summed E-state index contributed by atoms with van der Waals surface area (Å²) in [7, 11) is 1.73. The first-order chi connectivity index (χ1) is 14.0. The molecule has 2 aromatic rings. The SMILES string of the molecule is COc1ccc2c(c1)CC[C@H]1[C@@H]2CC[C@@]2(C)C(=O)/C(=C/c3ccc(Cl)cc3)C[C@@H]12. The zero-order valence-electron chi connectivity index (χ0n) is 17.1. The molecule has 2 saturated carbocycles. The molecule has 4 atom stereocenters. The largest absolute Gasteiger partial charge is 0.497 e. The second-order valence-corrected chi connectivity index (χ2v) is 9.63. The van der Waals surface area contributed by atoms with Gasteiger partial charge in [-0.05, 0) is 102 Å². The fourth-order valence-corrected chi connectivity index (χ4v) is 6.37. The summed E-state index contributed by atoms with van der Waals surface area (Å²) in [5.74, 6) is 2.94. The van der Waals surface area contributed by atoms with Crippen molar-refractivity contribution in [3.8, 4) is 5.75 Å². The summed E-state index contributed by atoms with van der Waals surface area (Å²) in [4.78, 5) is 13.4. The van der Waals surface area contributed by atoms with Gasteiger partial charge in [-0.3, -0.25) is 4.79 Å². The summed E-state index contributed by atoms with van der Waals surface area (Å²) >= 11 is 6.02. The summed E-state index contributed by atoms with van der Waals surface area (Å²) < 4.78 is 5.43. The number of hydrogen-bond donors (Lipinski definition) is 0. The maximum atomic E-state index is 13.4. The molecule has 0 aromatic heterocycles. The van der Waals surface area contributed by atoms with Crippen LogP contribution in [0.3, 0.4) is 0 Å². The number of aryl methyl sites for hydroxylation is 1. The fourth-order valence-electron chi connectivity index (χ4n) is 6.25. The molecule has 3 aliphatic carbocycles. The van der Waals surface area contributed by atoms with Crippen molar-refractivity contribution in [2.24, 2.45) is 17.3 Å². The normalized spacial score (nSPS) is 31.9. The van der Waals surface area contributed by atoms with Gasteiger partial charge in [0.1, 0.15) is 5.75 Å². The quantitative estimate of drug-likeness (QED) is 0.534. The van der Waals surface area contributed by atoms with Crippen LogP contribution in [0, 0.1) is 17.3 Å². The first-order valence-corrected chi connectivity index (χ1v) is 11.0. The van der Waals surface area contributed by atoms with Crippen LogP contribution >= 0.6 is 11.6 Å². The van der Waals surface area contributed by atoms with Crippen LogP contribution in [-0.2, 0) is 11.2 Å². The van der Waals surface area contributed by atoms with Crippen LogP contribution in [0.5, 0.6) is 5.75 Å². The van der Waals surface area contributed by atoms with Gasteiger partial charge in [-0.25, -0.2) is 0 Å². The lowest BCUT2D eigenvalue weighted by atomic mass is 9.55. The van der Waals surface area contributed by atoms with Gasteiger partial charge >= 0.3 is 0 Å². The predicted octanol–water partition coefficient (Wildman–Crippen LogP) is 6.47. The van der Waals surface area contributed by atoms with E-state index in [1.54, 1.807) is 7.11 Å². The van der Waals surface area contributed by atoms with Gasteiger partial charge in [0.15, 0.2) is 5.78 Å². The molecule has 0 aliphatic heterocycles. The average Bonchev–Trinajstić information content (AvgIpc) is 2.99. The van der Waals surface area contributed by atoms with E-state index in [1.165, 1.54) is 17.5 Å². The molecule has 0 unspecified atom stereocenters. The van der Waals surface area contributed by atoms with E-state index in [1.807, 2.05) is 24.3 Å². The maximum Gasteiger partial charge on any atom is 0.165 e. The Kier molecular flexibility index (Phi) is 4.58. The Balaban J connectivity index is 1.47. The van der Waals surface area contributed by atoms with Crippen LogP contribution in [0.25, 0.3) is 6.08 Å². The monoisotopic (exact) mass is 406 g/mol. The molecule has 3 aliphatic rings. The molecule has 0 radical (unpaired) electrons. The van der Waals surface area contributed by atoms with Crippen molar-refractivity contribution < 1.29 is 9.53 Å². The number of fused-ring (bicyclic) bond motifs is 5. The number of carbonyl (C=O) groups excluding carboxylic acids is 1. The summed E-state index contributed by atoms with van der Waals surface area (Å²) in [6.45, 7) is 2.22. The zero-order chi connectivity index (χ0) is 20.2. The van der Waals surface area contributed by atoms with E-state index in [4.69, 9.17) is 16.3 Å².